The number of aryl methyl sites for hydroxylation is 1. The van der Waals surface area contributed by atoms with Crippen LogP contribution in [0, 0.1) is 13.8 Å². The van der Waals surface area contributed by atoms with Crippen molar-refractivity contribution in [2.24, 2.45) is 0 Å². The smallest absolute Gasteiger partial charge is 0.254 e. The van der Waals surface area contributed by atoms with Crippen LogP contribution in [0.1, 0.15) is 53.9 Å². The van der Waals surface area contributed by atoms with Crippen LogP contribution in [-0.4, -0.2) is 61.6 Å². The molecule has 0 aliphatic carbocycles. The van der Waals surface area contributed by atoms with Gasteiger partial charge in [0.1, 0.15) is 11.8 Å². The molecule has 3 atom stereocenters. The molecule has 0 aromatic heterocycles. The number of phenolic OH excluding ortho intramolecular Hbond substituents is 1. The molecule has 3 aromatic carbocycles. The highest BCUT2D eigenvalue weighted by Gasteiger charge is 2.49. The third kappa shape index (κ3) is 7.33. The molecule has 1 aliphatic heterocycles. The molecule has 8 nitrogen and oxygen atoms in total. The SMILES string of the molecule is C.Cc1ccccc1CNC(=O)C1N(C(=O)C(O)C(Cc2ccccc2)NC(=O)c2cccc(O)c2C)CSC1(C)C. The van der Waals surface area contributed by atoms with Crippen LogP contribution in [0.3, 0.4) is 0 Å². The van der Waals surface area contributed by atoms with Gasteiger partial charge in [-0.25, -0.2) is 0 Å². The van der Waals surface area contributed by atoms with Gasteiger partial charge >= 0.3 is 0 Å². The number of rotatable bonds is 9. The largest absolute Gasteiger partial charge is 0.508 e. The van der Waals surface area contributed by atoms with E-state index >= 15 is 0 Å². The Morgan fingerprint density at radius 3 is 2.36 bits per heavy atom. The van der Waals surface area contributed by atoms with Crippen LogP contribution in [0.25, 0.3) is 0 Å². The lowest BCUT2D eigenvalue weighted by molar-refractivity contribution is -0.147. The first-order chi connectivity index (χ1) is 19.5. The van der Waals surface area contributed by atoms with E-state index in [0.717, 1.165) is 16.7 Å². The number of aromatic hydroxyl groups is 1. The Bertz CT molecular complexity index is 1410. The first-order valence-electron chi connectivity index (χ1n) is 13.6. The number of benzene rings is 3. The van der Waals surface area contributed by atoms with E-state index in [-0.39, 0.29) is 36.9 Å². The second-order valence-electron chi connectivity index (χ2n) is 10.9. The summed E-state index contributed by atoms with van der Waals surface area (Å²) in [4.78, 5) is 42.0. The summed E-state index contributed by atoms with van der Waals surface area (Å²) in [6, 6.07) is 19.9. The van der Waals surface area contributed by atoms with Gasteiger partial charge in [-0.2, -0.15) is 0 Å². The normalized spacial score (nSPS) is 17.1. The van der Waals surface area contributed by atoms with Gasteiger partial charge in [0.25, 0.3) is 11.8 Å². The Morgan fingerprint density at radius 1 is 1.00 bits per heavy atom. The molecule has 1 saturated heterocycles. The predicted molar refractivity (Wildman–Crippen MR) is 167 cm³/mol. The molecule has 42 heavy (non-hydrogen) atoms. The molecule has 9 heteroatoms. The number of aliphatic hydroxyl groups is 1. The molecule has 1 heterocycles. The molecule has 224 valence electrons. The van der Waals surface area contributed by atoms with Crippen molar-refractivity contribution in [1.29, 1.82) is 0 Å². The number of thioether (sulfide) groups is 1. The lowest BCUT2D eigenvalue weighted by Gasteiger charge is -2.33. The van der Waals surface area contributed by atoms with Gasteiger partial charge in [0.15, 0.2) is 6.10 Å². The zero-order chi connectivity index (χ0) is 29.7. The molecule has 1 fully saturated rings. The topological polar surface area (TPSA) is 119 Å². The molecule has 0 radical (unpaired) electrons. The fraction of sp³-hybridized carbons (Fsp3) is 0.364. The van der Waals surface area contributed by atoms with Crippen molar-refractivity contribution in [2.45, 2.75) is 71.0 Å². The number of hydrogen-bond acceptors (Lipinski definition) is 6. The van der Waals surface area contributed by atoms with Gasteiger partial charge in [0, 0.05) is 22.4 Å². The molecule has 3 amide bonds. The minimum Gasteiger partial charge on any atom is -0.508 e. The highest BCUT2D eigenvalue weighted by atomic mass is 32.2. The maximum absolute atomic E-state index is 13.8. The first kappa shape index (κ1) is 32.7. The third-order valence-electron chi connectivity index (χ3n) is 7.59. The van der Waals surface area contributed by atoms with Crippen LogP contribution in [0.15, 0.2) is 72.8 Å². The van der Waals surface area contributed by atoms with E-state index in [9.17, 15) is 24.6 Å². The van der Waals surface area contributed by atoms with E-state index < -0.39 is 34.7 Å². The van der Waals surface area contributed by atoms with Gasteiger partial charge in [-0.1, -0.05) is 68.1 Å². The van der Waals surface area contributed by atoms with E-state index in [0.29, 0.717) is 12.1 Å². The summed E-state index contributed by atoms with van der Waals surface area (Å²) in [5.74, 6) is -1.25. The standard InChI is InChI=1S/C32H37N3O5S.CH4/c1-20-11-8-9-14-23(20)18-33-30(39)28-32(3,4)41-19-35(28)31(40)27(37)25(17-22-12-6-5-7-13-22)34-29(38)24-15-10-16-26(36)21(24)2;/h5-16,25,27-28,36-37H,17-19H2,1-4H3,(H,33,39)(H,34,38);1H4. The summed E-state index contributed by atoms with van der Waals surface area (Å²) >= 11 is 1.46. The summed E-state index contributed by atoms with van der Waals surface area (Å²) in [5.41, 5.74) is 3.50. The maximum atomic E-state index is 13.8. The van der Waals surface area contributed by atoms with Crippen molar-refractivity contribution < 1.29 is 24.6 Å². The molecule has 0 spiro atoms. The van der Waals surface area contributed by atoms with Crippen molar-refractivity contribution in [3.05, 3.63) is 101 Å². The Hall–Kier alpha value is -3.82. The van der Waals surface area contributed by atoms with E-state index in [2.05, 4.69) is 10.6 Å². The van der Waals surface area contributed by atoms with Crippen molar-refractivity contribution in [2.75, 3.05) is 5.88 Å². The molecular formula is C33H41N3O5S. The quantitative estimate of drug-likeness (QED) is 0.294. The Labute approximate surface area is 252 Å². The predicted octanol–water partition coefficient (Wildman–Crippen LogP) is 4.34. The summed E-state index contributed by atoms with van der Waals surface area (Å²) in [7, 11) is 0. The molecule has 4 N–H and O–H groups in total. The molecule has 0 saturated carbocycles. The number of nitrogens with zero attached hydrogens (tertiary/aromatic N) is 1. The monoisotopic (exact) mass is 591 g/mol. The molecule has 3 unspecified atom stereocenters. The van der Waals surface area contributed by atoms with Crippen LogP contribution < -0.4 is 10.6 Å². The number of aliphatic hydroxyl groups excluding tert-OH is 1. The van der Waals surface area contributed by atoms with E-state index in [4.69, 9.17) is 0 Å². The zero-order valence-electron chi connectivity index (χ0n) is 23.8. The van der Waals surface area contributed by atoms with Crippen molar-refractivity contribution >= 4 is 29.5 Å². The maximum Gasteiger partial charge on any atom is 0.254 e. The number of carbonyl (C=O) groups excluding carboxylic acids is 3. The molecule has 3 aromatic rings. The number of amides is 3. The van der Waals surface area contributed by atoms with Crippen LogP contribution >= 0.6 is 11.8 Å². The minimum atomic E-state index is -1.61. The van der Waals surface area contributed by atoms with Gasteiger partial charge in [-0.05, 0) is 62.9 Å². The lowest BCUT2D eigenvalue weighted by Crippen LogP contribution is -2.58. The summed E-state index contributed by atoms with van der Waals surface area (Å²) < 4.78 is -0.595. The van der Waals surface area contributed by atoms with Gasteiger partial charge in [0.2, 0.25) is 5.91 Å². The fourth-order valence-corrected chi connectivity index (χ4v) is 6.21. The van der Waals surface area contributed by atoms with Gasteiger partial charge in [-0.3, -0.25) is 14.4 Å². The fourth-order valence-electron chi connectivity index (χ4n) is 5.07. The number of carbonyl (C=O) groups is 3. The number of hydrogen-bond donors (Lipinski definition) is 4. The minimum absolute atomic E-state index is 0. The first-order valence-corrected chi connectivity index (χ1v) is 14.6. The Morgan fingerprint density at radius 2 is 1.67 bits per heavy atom. The van der Waals surface area contributed by atoms with E-state index in [1.807, 2.05) is 75.4 Å². The second kappa shape index (κ2) is 13.9. The highest BCUT2D eigenvalue weighted by Crippen LogP contribution is 2.40. The summed E-state index contributed by atoms with van der Waals surface area (Å²) in [6.45, 7) is 7.74. The van der Waals surface area contributed by atoms with Gasteiger partial charge < -0.3 is 25.7 Å². The Kier molecular flexibility index (Phi) is 10.8. The van der Waals surface area contributed by atoms with Crippen LogP contribution in [0.5, 0.6) is 5.75 Å². The molecule has 0 bridgehead atoms. The molecule has 1 aliphatic rings. The lowest BCUT2D eigenvalue weighted by atomic mass is 9.96. The average Bonchev–Trinajstić information content (AvgIpc) is 3.28. The van der Waals surface area contributed by atoms with Crippen LogP contribution in [0.2, 0.25) is 0 Å². The summed E-state index contributed by atoms with van der Waals surface area (Å²) in [6.07, 6.45) is -1.43. The number of phenols is 1. The molecular weight excluding hydrogens is 550 g/mol. The van der Waals surface area contributed by atoms with Crippen molar-refractivity contribution in [3.8, 4) is 5.75 Å². The van der Waals surface area contributed by atoms with E-state index in [1.165, 1.54) is 22.7 Å². The second-order valence-corrected chi connectivity index (χ2v) is 12.5. The van der Waals surface area contributed by atoms with Crippen molar-refractivity contribution in [1.82, 2.24) is 15.5 Å². The van der Waals surface area contributed by atoms with Crippen LogP contribution in [-0.2, 0) is 22.6 Å². The number of nitrogens with one attached hydrogen (secondary N) is 2. The van der Waals surface area contributed by atoms with Gasteiger partial charge in [-0.15, -0.1) is 11.8 Å². The van der Waals surface area contributed by atoms with Gasteiger partial charge in [0.05, 0.1) is 11.9 Å². The van der Waals surface area contributed by atoms with Crippen LogP contribution in [0.4, 0.5) is 0 Å². The zero-order valence-corrected chi connectivity index (χ0v) is 24.6. The summed E-state index contributed by atoms with van der Waals surface area (Å²) in [5, 5.41) is 27.3. The molecule has 4 rings (SSSR count). The van der Waals surface area contributed by atoms with Crippen molar-refractivity contribution in [3.63, 3.8) is 0 Å². The Balaban J connectivity index is 0.00000484. The van der Waals surface area contributed by atoms with E-state index in [1.54, 1.807) is 19.1 Å². The average molecular weight is 592 g/mol. The third-order valence-corrected chi connectivity index (χ3v) is 8.97. The highest BCUT2D eigenvalue weighted by molar-refractivity contribution is 8.00.